The lowest BCUT2D eigenvalue weighted by atomic mass is 10.3. The summed E-state index contributed by atoms with van der Waals surface area (Å²) in [5.41, 5.74) is 0. The lowest BCUT2D eigenvalue weighted by molar-refractivity contribution is -0.130. The third-order valence-electron chi connectivity index (χ3n) is 2.01. The van der Waals surface area contributed by atoms with Crippen molar-refractivity contribution in [3.05, 3.63) is 30.1 Å². The maximum atomic E-state index is 12.6. The zero-order valence-electron chi connectivity index (χ0n) is 9.15. The molecular weight excluding hydrogens is 211 g/mol. The average Bonchev–Trinajstić information content (AvgIpc) is 2.26. The molecule has 0 saturated heterocycles. The third kappa shape index (κ3) is 4.27. The number of carbonyl (C=O) groups excluding carboxylic acids is 1. The van der Waals surface area contributed by atoms with Gasteiger partial charge in [-0.05, 0) is 30.7 Å². The predicted octanol–water partition coefficient (Wildman–Crippen LogP) is 1.32. The molecule has 0 saturated carbocycles. The van der Waals surface area contributed by atoms with Crippen LogP contribution in [-0.2, 0) is 4.79 Å². The summed E-state index contributed by atoms with van der Waals surface area (Å²) in [5, 5.41) is 1.05. The third-order valence-corrected chi connectivity index (χ3v) is 2.01. The minimum Gasteiger partial charge on any atom is -0.494 e. The first-order valence-corrected chi connectivity index (χ1v) is 4.99. The molecule has 0 aliphatic heterocycles. The van der Waals surface area contributed by atoms with Crippen molar-refractivity contribution in [3.63, 3.8) is 0 Å². The first-order valence-electron chi connectivity index (χ1n) is 4.99. The molecule has 1 aromatic carbocycles. The van der Waals surface area contributed by atoms with E-state index < -0.39 is 0 Å². The molecule has 0 heterocycles. The van der Waals surface area contributed by atoms with Crippen molar-refractivity contribution in [2.75, 3.05) is 13.7 Å². The van der Waals surface area contributed by atoms with Gasteiger partial charge in [-0.15, -0.1) is 0 Å². The number of nitrogens with zero attached hydrogens (tertiary/aromatic N) is 1. The summed E-state index contributed by atoms with van der Waals surface area (Å²) in [6.07, 6.45) is 0.923. The molecule has 4 nitrogen and oxygen atoms in total. The fourth-order valence-corrected chi connectivity index (χ4v) is 1.12. The zero-order valence-corrected chi connectivity index (χ0v) is 9.15. The number of hydrazine groups is 1. The Morgan fingerprint density at radius 1 is 1.44 bits per heavy atom. The fourth-order valence-electron chi connectivity index (χ4n) is 1.12. The Hall–Kier alpha value is -1.62. The SMILES string of the molecule is CN(N)C(=O)CCCOc1ccc(F)cc1. The molecule has 88 valence electrons. The minimum absolute atomic E-state index is 0.136. The number of carbonyl (C=O) groups is 1. The van der Waals surface area contributed by atoms with E-state index >= 15 is 0 Å². The van der Waals surface area contributed by atoms with Crippen molar-refractivity contribution >= 4 is 5.91 Å². The Morgan fingerprint density at radius 2 is 2.06 bits per heavy atom. The molecule has 0 aromatic heterocycles. The number of hydrogen-bond donors (Lipinski definition) is 1. The van der Waals surface area contributed by atoms with Crippen LogP contribution in [0.1, 0.15) is 12.8 Å². The summed E-state index contributed by atoms with van der Waals surface area (Å²) in [7, 11) is 1.50. The van der Waals surface area contributed by atoms with Gasteiger partial charge >= 0.3 is 0 Å². The highest BCUT2D eigenvalue weighted by Gasteiger charge is 2.03. The van der Waals surface area contributed by atoms with Crippen LogP contribution in [0.25, 0.3) is 0 Å². The molecule has 0 aliphatic carbocycles. The number of benzene rings is 1. The summed E-state index contributed by atoms with van der Waals surface area (Å²) in [4.78, 5) is 11.1. The molecular formula is C11H15FN2O2. The van der Waals surface area contributed by atoms with Gasteiger partial charge in [0.2, 0.25) is 5.91 Å². The smallest absolute Gasteiger partial charge is 0.236 e. The number of hydrogen-bond acceptors (Lipinski definition) is 3. The second kappa shape index (κ2) is 6.07. The Labute approximate surface area is 93.8 Å². The van der Waals surface area contributed by atoms with Gasteiger partial charge in [-0.25, -0.2) is 10.2 Å². The maximum Gasteiger partial charge on any atom is 0.236 e. The Balaban J connectivity index is 2.21. The summed E-state index contributed by atoms with van der Waals surface area (Å²) in [5.74, 6) is 5.40. The quantitative estimate of drug-likeness (QED) is 0.356. The number of nitrogens with two attached hydrogens (primary N) is 1. The molecule has 0 bridgehead atoms. The minimum atomic E-state index is -0.299. The second-order valence-corrected chi connectivity index (χ2v) is 3.41. The van der Waals surface area contributed by atoms with Crippen molar-refractivity contribution in [3.8, 4) is 5.75 Å². The van der Waals surface area contributed by atoms with Crippen LogP contribution in [-0.4, -0.2) is 24.6 Å². The van der Waals surface area contributed by atoms with Gasteiger partial charge in [0.15, 0.2) is 0 Å². The zero-order chi connectivity index (χ0) is 12.0. The van der Waals surface area contributed by atoms with Crippen molar-refractivity contribution in [1.82, 2.24) is 5.01 Å². The van der Waals surface area contributed by atoms with Crippen LogP contribution in [0.3, 0.4) is 0 Å². The van der Waals surface area contributed by atoms with Gasteiger partial charge < -0.3 is 4.74 Å². The van der Waals surface area contributed by atoms with Gasteiger partial charge in [-0.3, -0.25) is 9.80 Å². The van der Waals surface area contributed by atoms with Gasteiger partial charge in [-0.2, -0.15) is 0 Å². The van der Waals surface area contributed by atoms with Crippen LogP contribution >= 0.6 is 0 Å². The van der Waals surface area contributed by atoms with Gasteiger partial charge in [0.25, 0.3) is 0 Å². The van der Waals surface area contributed by atoms with Gasteiger partial charge in [0.05, 0.1) is 6.61 Å². The second-order valence-electron chi connectivity index (χ2n) is 3.41. The van der Waals surface area contributed by atoms with E-state index in [-0.39, 0.29) is 11.7 Å². The van der Waals surface area contributed by atoms with Crippen molar-refractivity contribution in [2.45, 2.75) is 12.8 Å². The summed E-state index contributed by atoms with van der Waals surface area (Å²) in [6.45, 7) is 0.408. The first kappa shape index (κ1) is 12.4. The van der Waals surface area contributed by atoms with Crippen LogP contribution < -0.4 is 10.6 Å². The Bertz CT molecular complexity index is 338. The molecule has 1 amide bonds. The highest BCUT2D eigenvalue weighted by molar-refractivity contribution is 5.75. The summed E-state index contributed by atoms with van der Waals surface area (Å²) in [6, 6.07) is 5.75. The van der Waals surface area contributed by atoms with Crippen LogP contribution in [0, 0.1) is 5.82 Å². The van der Waals surface area contributed by atoms with E-state index in [9.17, 15) is 9.18 Å². The maximum absolute atomic E-state index is 12.6. The van der Waals surface area contributed by atoms with E-state index in [0.717, 1.165) is 5.01 Å². The molecule has 1 aromatic rings. The van der Waals surface area contributed by atoms with Crippen LogP contribution in [0.5, 0.6) is 5.75 Å². The van der Waals surface area contributed by atoms with Crippen LogP contribution in [0.15, 0.2) is 24.3 Å². The number of rotatable bonds is 5. The van der Waals surface area contributed by atoms with Crippen LogP contribution in [0.2, 0.25) is 0 Å². The van der Waals surface area contributed by atoms with E-state index in [2.05, 4.69) is 0 Å². The predicted molar refractivity (Wildman–Crippen MR) is 58.1 cm³/mol. The highest BCUT2D eigenvalue weighted by Crippen LogP contribution is 2.11. The standard InChI is InChI=1S/C11H15FN2O2/c1-14(13)11(15)3-2-8-16-10-6-4-9(12)5-7-10/h4-7H,2-3,8,13H2,1H3. The van der Waals surface area contributed by atoms with Crippen molar-refractivity contribution < 1.29 is 13.9 Å². The molecule has 0 spiro atoms. The Kier molecular flexibility index (Phi) is 4.72. The van der Waals surface area contributed by atoms with Gasteiger partial charge in [-0.1, -0.05) is 0 Å². The molecule has 0 unspecified atom stereocenters. The van der Waals surface area contributed by atoms with E-state index in [1.165, 1.54) is 19.2 Å². The van der Waals surface area contributed by atoms with Crippen LogP contribution in [0.4, 0.5) is 4.39 Å². The molecule has 1 rings (SSSR count). The highest BCUT2D eigenvalue weighted by atomic mass is 19.1. The lowest BCUT2D eigenvalue weighted by Gasteiger charge is -2.10. The van der Waals surface area contributed by atoms with Gasteiger partial charge in [0.1, 0.15) is 11.6 Å². The molecule has 0 fully saturated rings. The van der Waals surface area contributed by atoms with E-state index in [1.54, 1.807) is 12.1 Å². The number of halogens is 1. The van der Waals surface area contributed by atoms with E-state index in [0.29, 0.717) is 25.2 Å². The molecule has 0 radical (unpaired) electrons. The number of ether oxygens (including phenoxy) is 1. The molecule has 0 aliphatic rings. The van der Waals surface area contributed by atoms with Gasteiger partial charge in [0, 0.05) is 13.5 Å². The summed E-state index contributed by atoms with van der Waals surface area (Å²) >= 11 is 0. The topological polar surface area (TPSA) is 55.6 Å². The molecule has 2 N–H and O–H groups in total. The molecule has 16 heavy (non-hydrogen) atoms. The average molecular weight is 226 g/mol. The summed E-state index contributed by atoms with van der Waals surface area (Å²) < 4.78 is 17.9. The largest absolute Gasteiger partial charge is 0.494 e. The monoisotopic (exact) mass is 226 g/mol. The first-order chi connectivity index (χ1) is 7.59. The fraction of sp³-hybridized carbons (Fsp3) is 0.364. The molecule has 5 heteroatoms. The number of amides is 1. The van der Waals surface area contributed by atoms with E-state index in [4.69, 9.17) is 10.6 Å². The normalized spacial score (nSPS) is 9.94. The molecule has 0 atom stereocenters. The van der Waals surface area contributed by atoms with Crippen molar-refractivity contribution in [2.24, 2.45) is 5.84 Å². The van der Waals surface area contributed by atoms with E-state index in [1.807, 2.05) is 0 Å². The lowest BCUT2D eigenvalue weighted by Crippen LogP contribution is -2.33. The van der Waals surface area contributed by atoms with Crippen molar-refractivity contribution in [1.29, 1.82) is 0 Å². The Morgan fingerprint density at radius 3 is 2.62 bits per heavy atom.